The Morgan fingerprint density at radius 2 is 1.73 bits per heavy atom. The Balaban J connectivity index is 0.000000200. The molecule has 0 fully saturated rings. The van der Waals surface area contributed by atoms with Crippen LogP contribution >= 0.6 is 0 Å². The number of hydrogen-bond donors (Lipinski definition) is 0. The minimum Gasteiger partial charge on any atom is -0.510 e. The van der Waals surface area contributed by atoms with E-state index in [1.807, 2.05) is 61.2 Å². The van der Waals surface area contributed by atoms with Gasteiger partial charge in [-0.2, -0.15) is 31.1 Å². The molecule has 0 bridgehead atoms. The molecular weight excluding hydrogens is 633 g/mol. The first kappa shape index (κ1) is 24.8. The number of rotatable bonds is 2. The molecule has 5 heteroatoms. The van der Waals surface area contributed by atoms with Crippen LogP contribution in [0.2, 0.25) is 0 Å². The van der Waals surface area contributed by atoms with Crippen molar-refractivity contribution in [3.63, 3.8) is 0 Å². The van der Waals surface area contributed by atoms with Gasteiger partial charge in [0.25, 0.3) is 0 Å². The predicted molar refractivity (Wildman–Crippen MR) is 150 cm³/mol. The van der Waals surface area contributed by atoms with Gasteiger partial charge in [0.15, 0.2) is 0 Å². The number of allylic oxidation sites excluding steroid dienone is 2. The van der Waals surface area contributed by atoms with E-state index >= 15 is 0 Å². The number of fused-ring (bicyclic) bond motifs is 9. The van der Waals surface area contributed by atoms with Gasteiger partial charge in [0.1, 0.15) is 0 Å². The molecule has 1 aliphatic heterocycles. The maximum atomic E-state index is 4.61. The number of aromatic nitrogens is 2. The average Bonchev–Trinajstić information content (AvgIpc) is 3.59. The maximum Gasteiger partial charge on any atom is 3.00 e. The van der Waals surface area contributed by atoms with Gasteiger partial charge in [-0.05, 0) is 69.3 Å². The van der Waals surface area contributed by atoms with Crippen LogP contribution in [0.25, 0.3) is 48.9 Å². The van der Waals surface area contributed by atoms with Gasteiger partial charge in [-0.3, -0.25) is 11.1 Å². The second kappa shape index (κ2) is 10.2. The van der Waals surface area contributed by atoms with Crippen molar-refractivity contribution < 1.29 is 20.1 Å². The van der Waals surface area contributed by atoms with Crippen molar-refractivity contribution in [2.75, 3.05) is 7.05 Å². The molecule has 182 valence electrons. The quantitative estimate of drug-likeness (QED) is 0.0837. The van der Waals surface area contributed by atoms with E-state index in [1.54, 1.807) is 6.08 Å². The third-order valence-corrected chi connectivity index (χ3v) is 6.63. The number of nitrogens with zero attached hydrogens (tertiary/aromatic N) is 4. The van der Waals surface area contributed by atoms with Crippen molar-refractivity contribution in [1.82, 2.24) is 19.2 Å². The first-order valence-electron chi connectivity index (χ1n) is 11.9. The molecule has 3 aromatic carbocycles. The Morgan fingerprint density at radius 3 is 2.51 bits per heavy atom. The zero-order valence-electron chi connectivity index (χ0n) is 20.6. The summed E-state index contributed by atoms with van der Waals surface area (Å²) in [6.07, 6.45) is 13.9. The molecule has 4 heterocycles. The summed E-state index contributed by atoms with van der Waals surface area (Å²) in [6.45, 7) is 7.53. The van der Waals surface area contributed by atoms with Crippen LogP contribution in [0, 0.1) is 18.9 Å². The van der Waals surface area contributed by atoms with Crippen LogP contribution in [0.3, 0.4) is 0 Å². The van der Waals surface area contributed by atoms with Gasteiger partial charge in [-0.15, -0.1) is 13.0 Å². The van der Waals surface area contributed by atoms with Crippen LogP contribution in [0.4, 0.5) is 0 Å². The molecule has 6 aromatic rings. The Kier molecular flexibility index (Phi) is 6.83. The molecule has 37 heavy (non-hydrogen) atoms. The molecule has 0 amide bonds. The summed E-state index contributed by atoms with van der Waals surface area (Å²) in [4.78, 5) is 8.54. The van der Waals surface area contributed by atoms with Gasteiger partial charge in [-0.25, -0.2) is 0 Å². The maximum absolute atomic E-state index is 4.61. The summed E-state index contributed by atoms with van der Waals surface area (Å²) in [7, 11) is 1.98. The van der Waals surface area contributed by atoms with Crippen LogP contribution in [0.5, 0.6) is 0 Å². The monoisotopic (exact) mass is 658 g/mol. The molecule has 3 aromatic heterocycles. The minimum atomic E-state index is 0. The van der Waals surface area contributed by atoms with E-state index in [2.05, 4.69) is 88.9 Å². The Hall–Kier alpha value is -3.92. The molecule has 0 saturated carbocycles. The molecule has 4 nitrogen and oxygen atoms in total. The van der Waals surface area contributed by atoms with Gasteiger partial charge in [0.2, 0.25) is 0 Å². The molecule has 7 rings (SSSR count). The van der Waals surface area contributed by atoms with Gasteiger partial charge in [-0.1, -0.05) is 60.2 Å². The Morgan fingerprint density at radius 1 is 0.919 bits per heavy atom. The van der Waals surface area contributed by atoms with Gasteiger partial charge in [0, 0.05) is 6.20 Å². The Labute approximate surface area is 230 Å². The van der Waals surface area contributed by atoms with Gasteiger partial charge in [0.05, 0.1) is 5.65 Å². The topological polar surface area (TPSA) is 23.8 Å². The summed E-state index contributed by atoms with van der Waals surface area (Å²) in [5, 5.41) is 8.76. The SMILES string of the molecule is C=CC(=[C-]C)N1C=CN(C)[CH-]1.[Ir+3].[c-]1ccc2c3cc4ccc5ccccc5c4cc3c3cccnc3n12. The van der Waals surface area contributed by atoms with Gasteiger partial charge < -0.3 is 14.2 Å². The fourth-order valence-corrected chi connectivity index (χ4v) is 4.92. The normalized spacial score (nSPS) is 13.4. The molecule has 0 unspecified atom stereocenters. The summed E-state index contributed by atoms with van der Waals surface area (Å²) in [6, 6.07) is 25.8. The van der Waals surface area contributed by atoms with E-state index in [0.717, 1.165) is 22.2 Å². The molecule has 0 aliphatic carbocycles. The molecule has 0 radical (unpaired) electrons. The predicted octanol–water partition coefficient (Wildman–Crippen LogP) is 7.46. The van der Waals surface area contributed by atoms with Crippen molar-refractivity contribution in [1.29, 1.82) is 0 Å². The molecular formula is C32H25IrN4. The average molecular weight is 658 g/mol. The van der Waals surface area contributed by atoms with Crippen LogP contribution in [-0.4, -0.2) is 26.2 Å². The van der Waals surface area contributed by atoms with Crippen LogP contribution in [-0.2, 0) is 20.1 Å². The zero-order valence-corrected chi connectivity index (χ0v) is 23.0. The van der Waals surface area contributed by atoms with Crippen molar-refractivity contribution in [2.45, 2.75) is 6.92 Å². The van der Waals surface area contributed by atoms with E-state index in [4.69, 9.17) is 0 Å². The van der Waals surface area contributed by atoms with E-state index in [-0.39, 0.29) is 20.1 Å². The van der Waals surface area contributed by atoms with Crippen molar-refractivity contribution in [3.05, 3.63) is 129 Å². The molecule has 0 spiro atoms. The van der Waals surface area contributed by atoms with E-state index in [1.165, 1.54) is 32.3 Å². The Bertz CT molecular complexity index is 1830. The molecule has 0 saturated heterocycles. The van der Waals surface area contributed by atoms with Crippen LogP contribution < -0.4 is 0 Å². The minimum absolute atomic E-state index is 0. The van der Waals surface area contributed by atoms with Crippen molar-refractivity contribution in [3.8, 4) is 0 Å². The van der Waals surface area contributed by atoms with Crippen LogP contribution in [0.15, 0.2) is 110 Å². The fraction of sp³-hybridized carbons (Fsp3) is 0.0625. The van der Waals surface area contributed by atoms with E-state index < -0.39 is 0 Å². The smallest absolute Gasteiger partial charge is 0.510 e. The first-order chi connectivity index (χ1) is 17.7. The second-order valence-electron chi connectivity index (χ2n) is 8.79. The second-order valence-corrected chi connectivity index (χ2v) is 8.79. The van der Waals surface area contributed by atoms with Crippen molar-refractivity contribution in [2.24, 2.45) is 0 Å². The summed E-state index contributed by atoms with van der Waals surface area (Å²) in [5.74, 6) is 0. The largest absolute Gasteiger partial charge is 3.00 e. The molecule has 0 N–H and O–H groups in total. The number of pyridine rings is 2. The van der Waals surface area contributed by atoms with E-state index in [9.17, 15) is 0 Å². The van der Waals surface area contributed by atoms with Gasteiger partial charge >= 0.3 is 20.1 Å². The van der Waals surface area contributed by atoms with Crippen LogP contribution in [0.1, 0.15) is 6.92 Å². The number of benzene rings is 3. The molecule has 0 atom stereocenters. The number of hydrogen-bond acceptors (Lipinski definition) is 3. The first-order valence-corrected chi connectivity index (χ1v) is 11.9. The van der Waals surface area contributed by atoms with Crippen molar-refractivity contribution >= 4 is 48.9 Å². The summed E-state index contributed by atoms with van der Waals surface area (Å²) in [5.41, 5.74) is 3.08. The van der Waals surface area contributed by atoms with E-state index in [0.29, 0.717) is 0 Å². The standard InChI is InChI=1S/C23H13N2.C9H12N2.Ir/c1-2-6-17-15(5-1)9-10-16-13-21-20(14-19(16)17)18-7-3-11-24-23(18)25-12-4-8-22(21)25;1-4-9(5-2)11-7-6-10(3)8-11;/h1-11,13-14H;4,6-8H,1H2,2-3H3;/q-1;-2;+3. The summed E-state index contributed by atoms with van der Waals surface area (Å²) >= 11 is 0. The summed E-state index contributed by atoms with van der Waals surface area (Å²) < 4.78 is 2.06. The zero-order chi connectivity index (χ0) is 24.6. The third kappa shape index (κ3) is 4.31. The molecule has 1 aliphatic rings. The fourth-order valence-electron chi connectivity index (χ4n) is 4.92. The third-order valence-electron chi connectivity index (χ3n) is 6.63.